The highest BCUT2D eigenvalue weighted by Gasteiger charge is 2.15. The summed E-state index contributed by atoms with van der Waals surface area (Å²) >= 11 is 0. The number of rotatable bonds is 1. The van der Waals surface area contributed by atoms with Crippen molar-refractivity contribution < 1.29 is 4.79 Å². The lowest BCUT2D eigenvalue weighted by molar-refractivity contribution is 0.112. The van der Waals surface area contributed by atoms with Crippen LogP contribution in [0.4, 0.5) is 0 Å². The molecule has 0 aliphatic heterocycles. The van der Waals surface area contributed by atoms with E-state index in [4.69, 9.17) is 19.3 Å². The Morgan fingerprint density at radius 3 is 1.89 bits per heavy atom. The van der Waals surface area contributed by atoms with Gasteiger partial charge in [0.05, 0.1) is 11.1 Å². The third-order valence-electron chi connectivity index (χ3n) is 2.81. The molecular formula is C17H8O. The molecule has 2 aromatic carbocycles. The van der Waals surface area contributed by atoms with Crippen molar-refractivity contribution in [3.8, 4) is 37.0 Å². The summed E-state index contributed by atoms with van der Waals surface area (Å²) in [7, 11) is 0. The summed E-state index contributed by atoms with van der Waals surface area (Å²) in [5.41, 5.74) is 1.80. The monoisotopic (exact) mass is 228 g/mol. The second-order valence-corrected chi connectivity index (χ2v) is 3.64. The number of benzene rings is 2. The molecule has 82 valence electrons. The SMILES string of the molecule is C#Cc1c(C#C)c(C=O)c2ccccc2c1C#C. The first-order valence-corrected chi connectivity index (χ1v) is 5.22. The molecule has 2 aromatic rings. The summed E-state index contributed by atoms with van der Waals surface area (Å²) in [6.45, 7) is 0. The Balaban J connectivity index is 3.18. The molecule has 0 aliphatic rings. The number of carbonyl (C=O) groups excluding carboxylic acids is 1. The third-order valence-corrected chi connectivity index (χ3v) is 2.81. The summed E-state index contributed by atoms with van der Waals surface area (Å²) in [6, 6.07) is 7.30. The fourth-order valence-corrected chi connectivity index (χ4v) is 2.03. The molecule has 0 bridgehead atoms. The number of aldehydes is 1. The van der Waals surface area contributed by atoms with Crippen molar-refractivity contribution in [2.24, 2.45) is 0 Å². The van der Waals surface area contributed by atoms with E-state index in [0.717, 1.165) is 17.1 Å². The van der Waals surface area contributed by atoms with Crippen LogP contribution in [-0.4, -0.2) is 6.29 Å². The van der Waals surface area contributed by atoms with Crippen molar-refractivity contribution in [2.45, 2.75) is 0 Å². The van der Waals surface area contributed by atoms with Gasteiger partial charge in [0.1, 0.15) is 0 Å². The molecule has 0 aromatic heterocycles. The first-order valence-electron chi connectivity index (χ1n) is 5.22. The van der Waals surface area contributed by atoms with Crippen molar-refractivity contribution >= 4 is 17.1 Å². The topological polar surface area (TPSA) is 17.1 Å². The zero-order valence-corrected chi connectivity index (χ0v) is 9.53. The quantitative estimate of drug-likeness (QED) is 0.541. The van der Waals surface area contributed by atoms with Crippen molar-refractivity contribution in [2.75, 3.05) is 0 Å². The van der Waals surface area contributed by atoms with E-state index in [2.05, 4.69) is 17.8 Å². The molecule has 18 heavy (non-hydrogen) atoms. The van der Waals surface area contributed by atoms with E-state index >= 15 is 0 Å². The minimum atomic E-state index is 0.388. The predicted octanol–water partition coefficient (Wildman–Crippen LogP) is 2.60. The maximum absolute atomic E-state index is 11.3. The fourth-order valence-electron chi connectivity index (χ4n) is 2.03. The third kappa shape index (κ3) is 1.46. The van der Waals surface area contributed by atoms with Crippen LogP contribution < -0.4 is 0 Å². The fraction of sp³-hybridized carbons (Fsp3) is 0. The van der Waals surface area contributed by atoms with Crippen LogP contribution in [-0.2, 0) is 0 Å². The van der Waals surface area contributed by atoms with Crippen molar-refractivity contribution in [3.05, 3.63) is 46.5 Å². The molecular weight excluding hydrogens is 220 g/mol. The van der Waals surface area contributed by atoms with Gasteiger partial charge >= 0.3 is 0 Å². The maximum atomic E-state index is 11.3. The summed E-state index contributed by atoms with van der Waals surface area (Å²) in [4.78, 5) is 11.3. The molecule has 0 radical (unpaired) electrons. The minimum Gasteiger partial charge on any atom is -0.298 e. The zero-order valence-electron chi connectivity index (χ0n) is 9.53. The van der Waals surface area contributed by atoms with E-state index < -0.39 is 0 Å². The molecule has 0 amide bonds. The summed E-state index contributed by atoms with van der Waals surface area (Å²) in [6.07, 6.45) is 17.1. The standard InChI is InChI=1S/C17H8O/c1-4-12-13(5-2)15-9-7-8-10-16(15)17(11-18)14(12)6-3/h1-3,7-11H. The number of hydrogen-bond donors (Lipinski definition) is 0. The molecule has 0 unspecified atom stereocenters. The number of fused-ring (bicyclic) bond motifs is 1. The van der Waals surface area contributed by atoms with Gasteiger partial charge in [-0.25, -0.2) is 0 Å². The normalized spacial score (nSPS) is 9.17. The molecule has 1 heteroatoms. The van der Waals surface area contributed by atoms with Crippen molar-refractivity contribution in [3.63, 3.8) is 0 Å². The van der Waals surface area contributed by atoms with Crippen LogP contribution in [0.3, 0.4) is 0 Å². The molecule has 0 aliphatic carbocycles. The van der Waals surface area contributed by atoms with Gasteiger partial charge < -0.3 is 0 Å². The van der Waals surface area contributed by atoms with E-state index in [-0.39, 0.29) is 0 Å². The Morgan fingerprint density at radius 2 is 1.39 bits per heavy atom. The largest absolute Gasteiger partial charge is 0.298 e. The number of terminal acetylenes is 3. The van der Waals surface area contributed by atoms with Gasteiger partial charge in [-0.05, 0) is 10.8 Å². The number of carbonyl (C=O) groups is 1. The van der Waals surface area contributed by atoms with Gasteiger partial charge in [0.15, 0.2) is 6.29 Å². The Kier molecular flexibility index (Phi) is 2.89. The molecule has 0 N–H and O–H groups in total. The van der Waals surface area contributed by atoms with Crippen molar-refractivity contribution in [1.82, 2.24) is 0 Å². The lowest BCUT2D eigenvalue weighted by atomic mass is 9.90. The lowest BCUT2D eigenvalue weighted by Crippen LogP contribution is -1.99. The Labute approximate surface area is 106 Å². The molecule has 0 fully saturated rings. The molecule has 0 saturated carbocycles. The van der Waals surface area contributed by atoms with E-state index in [9.17, 15) is 4.79 Å². The molecule has 1 nitrogen and oxygen atoms in total. The van der Waals surface area contributed by atoms with Crippen LogP contribution in [0.15, 0.2) is 24.3 Å². The maximum Gasteiger partial charge on any atom is 0.151 e. The number of hydrogen-bond acceptors (Lipinski definition) is 1. The average Bonchev–Trinajstić information content (AvgIpc) is 2.44. The highest BCUT2D eigenvalue weighted by molar-refractivity contribution is 6.04. The second kappa shape index (κ2) is 4.50. The van der Waals surface area contributed by atoms with Crippen LogP contribution in [0.2, 0.25) is 0 Å². The van der Waals surface area contributed by atoms with E-state index in [1.165, 1.54) is 0 Å². The highest BCUT2D eigenvalue weighted by atomic mass is 16.1. The van der Waals surface area contributed by atoms with E-state index in [1.807, 2.05) is 18.2 Å². The molecule has 2 rings (SSSR count). The van der Waals surface area contributed by atoms with Crippen LogP contribution in [0.5, 0.6) is 0 Å². The molecule has 0 heterocycles. The van der Waals surface area contributed by atoms with Crippen LogP contribution in [0, 0.1) is 37.0 Å². The van der Waals surface area contributed by atoms with Gasteiger partial charge in [-0.2, -0.15) is 0 Å². The summed E-state index contributed by atoms with van der Waals surface area (Å²) in [5.74, 6) is 7.51. The lowest BCUT2D eigenvalue weighted by Gasteiger charge is -2.10. The smallest absolute Gasteiger partial charge is 0.151 e. The zero-order chi connectivity index (χ0) is 13.1. The minimum absolute atomic E-state index is 0.388. The average molecular weight is 228 g/mol. The van der Waals surface area contributed by atoms with Gasteiger partial charge in [0, 0.05) is 11.1 Å². The van der Waals surface area contributed by atoms with Crippen LogP contribution in [0.1, 0.15) is 27.0 Å². The van der Waals surface area contributed by atoms with Crippen LogP contribution >= 0.6 is 0 Å². The van der Waals surface area contributed by atoms with Gasteiger partial charge in [-0.3, -0.25) is 4.79 Å². The van der Waals surface area contributed by atoms with Gasteiger partial charge in [-0.1, -0.05) is 42.0 Å². The first kappa shape index (κ1) is 11.5. The molecule has 0 atom stereocenters. The Morgan fingerprint density at radius 1 is 0.833 bits per heavy atom. The second-order valence-electron chi connectivity index (χ2n) is 3.64. The van der Waals surface area contributed by atoms with E-state index in [0.29, 0.717) is 22.3 Å². The molecule has 0 saturated heterocycles. The first-order chi connectivity index (χ1) is 8.78. The van der Waals surface area contributed by atoms with Gasteiger partial charge in [-0.15, -0.1) is 19.3 Å². The van der Waals surface area contributed by atoms with Crippen molar-refractivity contribution in [1.29, 1.82) is 0 Å². The summed E-state index contributed by atoms with van der Waals surface area (Å²) < 4.78 is 0. The van der Waals surface area contributed by atoms with Gasteiger partial charge in [0.25, 0.3) is 0 Å². The Bertz CT molecular complexity index is 774. The highest BCUT2D eigenvalue weighted by Crippen LogP contribution is 2.28. The van der Waals surface area contributed by atoms with Crippen LogP contribution in [0.25, 0.3) is 10.8 Å². The predicted molar refractivity (Wildman–Crippen MR) is 73.1 cm³/mol. The Hall–Kier alpha value is -2.95. The van der Waals surface area contributed by atoms with Gasteiger partial charge in [0.2, 0.25) is 0 Å². The molecule has 0 spiro atoms. The van der Waals surface area contributed by atoms with E-state index in [1.54, 1.807) is 6.07 Å². The summed E-state index contributed by atoms with van der Waals surface area (Å²) in [5, 5.41) is 1.50.